The number of carbonyl (C=O) groups excluding carboxylic acids is 1. The van der Waals surface area contributed by atoms with Crippen molar-refractivity contribution in [1.29, 1.82) is 0 Å². The van der Waals surface area contributed by atoms with Crippen molar-refractivity contribution < 1.29 is 9.53 Å². The Labute approximate surface area is 115 Å². The van der Waals surface area contributed by atoms with Gasteiger partial charge in [0.15, 0.2) is 0 Å². The van der Waals surface area contributed by atoms with Gasteiger partial charge >= 0.3 is 0 Å². The minimum atomic E-state index is -0.447. The van der Waals surface area contributed by atoms with Crippen molar-refractivity contribution in [3.05, 3.63) is 29.8 Å². The van der Waals surface area contributed by atoms with Gasteiger partial charge in [0, 0.05) is 0 Å². The number of hydrogen-bond donors (Lipinski definition) is 2. The van der Waals surface area contributed by atoms with Gasteiger partial charge in [0.05, 0.1) is 18.2 Å². The van der Waals surface area contributed by atoms with Crippen LogP contribution in [0.1, 0.15) is 45.7 Å². The van der Waals surface area contributed by atoms with Crippen molar-refractivity contribution >= 4 is 5.91 Å². The highest BCUT2D eigenvalue weighted by Crippen LogP contribution is 2.20. The van der Waals surface area contributed by atoms with Gasteiger partial charge < -0.3 is 15.8 Å². The Morgan fingerprint density at radius 3 is 2.63 bits per heavy atom. The summed E-state index contributed by atoms with van der Waals surface area (Å²) in [5.74, 6) is 0.693. The van der Waals surface area contributed by atoms with Crippen LogP contribution in [0.4, 0.5) is 0 Å². The van der Waals surface area contributed by atoms with Crippen LogP contribution in [0.15, 0.2) is 24.3 Å². The fourth-order valence-corrected chi connectivity index (χ4v) is 1.72. The van der Waals surface area contributed by atoms with E-state index in [9.17, 15) is 4.79 Å². The first kappa shape index (κ1) is 15.5. The van der Waals surface area contributed by atoms with Gasteiger partial charge in [0.25, 0.3) is 0 Å². The first-order chi connectivity index (χ1) is 8.93. The van der Waals surface area contributed by atoms with Crippen LogP contribution >= 0.6 is 0 Å². The number of nitrogens with two attached hydrogens (primary N) is 1. The second-order valence-corrected chi connectivity index (χ2v) is 4.98. The molecule has 0 aliphatic carbocycles. The van der Waals surface area contributed by atoms with Crippen LogP contribution in [0.5, 0.6) is 5.75 Å². The topological polar surface area (TPSA) is 64.4 Å². The Balaban J connectivity index is 2.71. The summed E-state index contributed by atoms with van der Waals surface area (Å²) in [5.41, 5.74) is 6.71. The quantitative estimate of drug-likeness (QED) is 0.829. The van der Waals surface area contributed by atoms with E-state index in [1.165, 1.54) is 0 Å². The zero-order valence-corrected chi connectivity index (χ0v) is 12.1. The highest BCUT2D eigenvalue weighted by Gasteiger charge is 2.15. The van der Waals surface area contributed by atoms with Crippen molar-refractivity contribution in [1.82, 2.24) is 5.32 Å². The molecule has 1 rings (SSSR count). The van der Waals surface area contributed by atoms with E-state index in [-0.39, 0.29) is 18.1 Å². The van der Waals surface area contributed by atoms with Crippen LogP contribution in [0, 0.1) is 0 Å². The third kappa shape index (κ3) is 4.91. The van der Waals surface area contributed by atoms with Gasteiger partial charge in [0.2, 0.25) is 5.91 Å². The molecule has 0 heterocycles. The minimum Gasteiger partial charge on any atom is -0.491 e. The number of hydrogen-bond acceptors (Lipinski definition) is 3. The van der Waals surface area contributed by atoms with Gasteiger partial charge in [-0.05, 0) is 44.9 Å². The van der Waals surface area contributed by atoms with E-state index < -0.39 is 6.04 Å². The third-order valence-corrected chi connectivity index (χ3v) is 2.87. The number of ether oxygens (including phenoxy) is 1. The highest BCUT2D eigenvalue weighted by molar-refractivity contribution is 5.81. The molecule has 2 atom stereocenters. The van der Waals surface area contributed by atoms with E-state index in [0.717, 1.165) is 11.3 Å². The fourth-order valence-electron chi connectivity index (χ4n) is 1.72. The molecule has 0 aromatic heterocycles. The van der Waals surface area contributed by atoms with Crippen molar-refractivity contribution in [3.8, 4) is 5.75 Å². The lowest BCUT2D eigenvalue weighted by molar-refractivity contribution is -0.123. The Morgan fingerprint density at radius 1 is 1.37 bits per heavy atom. The van der Waals surface area contributed by atoms with E-state index in [4.69, 9.17) is 10.5 Å². The lowest BCUT2D eigenvalue weighted by Crippen LogP contribution is -2.41. The Kier molecular flexibility index (Phi) is 5.83. The summed E-state index contributed by atoms with van der Waals surface area (Å²) < 4.78 is 5.64. The molecule has 4 nitrogen and oxygen atoms in total. The molecule has 106 valence electrons. The van der Waals surface area contributed by atoms with Gasteiger partial charge in [-0.1, -0.05) is 19.1 Å². The van der Waals surface area contributed by atoms with Crippen LogP contribution in [-0.2, 0) is 4.79 Å². The molecule has 0 aliphatic rings. The molecule has 0 fully saturated rings. The van der Waals surface area contributed by atoms with Crippen molar-refractivity contribution in [2.45, 2.75) is 52.3 Å². The van der Waals surface area contributed by atoms with Crippen LogP contribution in [-0.4, -0.2) is 18.1 Å². The summed E-state index contributed by atoms with van der Waals surface area (Å²) in [6.45, 7) is 7.80. The molecule has 1 aromatic carbocycles. The summed E-state index contributed by atoms with van der Waals surface area (Å²) in [5, 5.41) is 2.91. The zero-order chi connectivity index (χ0) is 14.4. The summed E-state index contributed by atoms with van der Waals surface area (Å²) in [6, 6.07) is 7.22. The lowest BCUT2D eigenvalue weighted by atomic mass is 10.1. The van der Waals surface area contributed by atoms with E-state index in [1.54, 1.807) is 0 Å². The molecule has 2 unspecified atom stereocenters. The molecule has 3 N–H and O–H groups in total. The molecular weight excluding hydrogens is 240 g/mol. The number of nitrogens with one attached hydrogen (secondary N) is 1. The molecular formula is C15H24N2O2. The van der Waals surface area contributed by atoms with Gasteiger partial charge in [-0.15, -0.1) is 0 Å². The summed E-state index contributed by atoms with van der Waals surface area (Å²) in [4.78, 5) is 11.8. The van der Waals surface area contributed by atoms with Gasteiger partial charge in [0.1, 0.15) is 5.75 Å². The summed E-state index contributed by atoms with van der Waals surface area (Å²) in [6.07, 6.45) is 0.767. The molecule has 1 amide bonds. The number of carbonyl (C=O) groups is 1. The van der Waals surface area contributed by atoms with Crippen LogP contribution < -0.4 is 15.8 Å². The predicted molar refractivity (Wildman–Crippen MR) is 77.0 cm³/mol. The standard InChI is InChI=1S/C15H24N2O2/c1-5-14(16)15(18)17-11(4)12-7-6-8-13(9-12)19-10(2)3/h6-11,14H,5,16H2,1-4H3,(H,17,18). The maximum absolute atomic E-state index is 11.8. The van der Waals surface area contributed by atoms with E-state index in [0.29, 0.717) is 6.42 Å². The van der Waals surface area contributed by atoms with Gasteiger partial charge in [-0.2, -0.15) is 0 Å². The maximum Gasteiger partial charge on any atom is 0.237 e. The first-order valence-electron chi connectivity index (χ1n) is 6.76. The van der Waals surface area contributed by atoms with Gasteiger partial charge in [-0.25, -0.2) is 0 Å². The third-order valence-electron chi connectivity index (χ3n) is 2.87. The van der Waals surface area contributed by atoms with Crippen molar-refractivity contribution in [2.75, 3.05) is 0 Å². The zero-order valence-electron chi connectivity index (χ0n) is 12.1. The smallest absolute Gasteiger partial charge is 0.237 e. The largest absolute Gasteiger partial charge is 0.491 e. The van der Waals surface area contributed by atoms with Crippen LogP contribution in [0.25, 0.3) is 0 Å². The summed E-state index contributed by atoms with van der Waals surface area (Å²) in [7, 11) is 0. The molecule has 0 spiro atoms. The van der Waals surface area contributed by atoms with E-state index in [2.05, 4.69) is 5.32 Å². The number of rotatable bonds is 6. The Morgan fingerprint density at radius 2 is 2.05 bits per heavy atom. The maximum atomic E-state index is 11.8. The second-order valence-electron chi connectivity index (χ2n) is 4.98. The van der Waals surface area contributed by atoms with Crippen molar-refractivity contribution in [2.24, 2.45) is 5.73 Å². The monoisotopic (exact) mass is 264 g/mol. The van der Waals surface area contributed by atoms with E-state index in [1.807, 2.05) is 52.0 Å². The lowest BCUT2D eigenvalue weighted by Gasteiger charge is -2.18. The minimum absolute atomic E-state index is 0.0826. The molecule has 4 heteroatoms. The van der Waals surface area contributed by atoms with Crippen LogP contribution in [0.2, 0.25) is 0 Å². The molecule has 0 bridgehead atoms. The predicted octanol–water partition coefficient (Wildman–Crippen LogP) is 2.39. The number of benzene rings is 1. The normalized spacial score (nSPS) is 14.0. The number of amides is 1. The fraction of sp³-hybridized carbons (Fsp3) is 0.533. The average molecular weight is 264 g/mol. The summed E-state index contributed by atoms with van der Waals surface area (Å²) >= 11 is 0. The molecule has 1 aromatic rings. The van der Waals surface area contributed by atoms with Gasteiger partial charge in [-0.3, -0.25) is 4.79 Å². The molecule has 0 radical (unpaired) electrons. The molecule has 0 saturated carbocycles. The average Bonchev–Trinajstić information content (AvgIpc) is 2.37. The van der Waals surface area contributed by atoms with Crippen LogP contribution in [0.3, 0.4) is 0 Å². The Hall–Kier alpha value is -1.55. The first-order valence-corrected chi connectivity index (χ1v) is 6.76. The molecule has 19 heavy (non-hydrogen) atoms. The highest BCUT2D eigenvalue weighted by atomic mass is 16.5. The molecule has 0 aliphatic heterocycles. The van der Waals surface area contributed by atoms with E-state index >= 15 is 0 Å². The SMILES string of the molecule is CCC(N)C(=O)NC(C)c1cccc(OC(C)C)c1. The second kappa shape index (κ2) is 7.14. The van der Waals surface area contributed by atoms with Crippen molar-refractivity contribution in [3.63, 3.8) is 0 Å². The molecule has 0 saturated heterocycles. The Bertz CT molecular complexity index is 418.